The summed E-state index contributed by atoms with van der Waals surface area (Å²) < 4.78 is 6.28. The number of likely N-dealkylation sites (tertiary alicyclic amines) is 1. The van der Waals surface area contributed by atoms with E-state index < -0.39 is 4.92 Å². The highest BCUT2D eigenvalue weighted by Crippen LogP contribution is 2.26. The fourth-order valence-corrected chi connectivity index (χ4v) is 2.91. The Morgan fingerprint density at radius 3 is 2.67 bits per heavy atom. The van der Waals surface area contributed by atoms with E-state index in [0.717, 1.165) is 19.3 Å². The van der Waals surface area contributed by atoms with Crippen LogP contribution in [0.25, 0.3) is 0 Å². The number of hydrogen-bond donors (Lipinski definition) is 1. The second-order valence-electron chi connectivity index (χ2n) is 5.42. The fraction of sp³-hybridized carbons (Fsp3) is 0.533. The lowest BCUT2D eigenvalue weighted by molar-refractivity contribution is -0.385. The Morgan fingerprint density at radius 2 is 2.08 bits per heavy atom. The van der Waals surface area contributed by atoms with Crippen molar-refractivity contribution in [2.24, 2.45) is 5.73 Å². The van der Waals surface area contributed by atoms with Gasteiger partial charge in [-0.2, -0.15) is 0 Å². The van der Waals surface area contributed by atoms with Gasteiger partial charge in [0.15, 0.2) is 0 Å². The Labute approximate surface area is 155 Å². The Morgan fingerprint density at radius 1 is 1.42 bits per heavy atom. The number of nitrogens with zero attached hydrogens (tertiary/aromatic N) is 2. The van der Waals surface area contributed by atoms with Gasteiger partial charge in [0.1, 0.15) is 5.56 Å². The maximum Gasteiger partial charge on any atom is 0.283 e. The fourth-order valence-electron chi connectivity index (χ4n) is 2.57. The van der Waals surface area contributed by atoms with Gasteiger partial charge in [-0.3, -0.25) is 14.9 Å². The van der Waals surface area contributed by atoms with Crippen LogP contribution in [0.4, 0.5) is 5.69 Å². The Kier molecular flexibility index (Phi) is 8.61. The van der Waals surface area contributed by atoms with Crippen LogP contribution in [0.3, 0.4) is 0 Å². The van der Waals surface area contributed by atoms with Crippen molar-refractivity contribution in [3.05, 3.63) is 38.3 Å². The molecule has 0 radical (unpaired) electrons. The van der Waals surface area contributed by atoms with Crippen LogP contribution in [0.2, 0.25) is 0 Å². The Hall–Kier alpha value is -1.22. The molecule has 2 rings (SSSR count). The molecular formula is C15H21BrClN3O4. The molecule has 24 heavy (non-hydrogen) atoms. The van der Waals surface area contributed by atoms with Crippen molar-refractivity contribution >= 4 is 39.9 Å². The average molecular weight is 423 g/mol. The van der Waals surface area contributed by atoms with Crippen LogP contribution in [-0.2, 0) is 4.74 Å². The van der Waals surface area contributed by atoms with Gasteiger partial charge in [-0.1, -0.05) is 15.9 Å². The number of rotatable bonds is 6. The number of carbonyl (C=O) groups excluding carboxylic acids is 1. The van der Waals surface area contributed by atoms with Crippen molar-refractivity contribution in [2.45, 2.75) is 25.4 Å². The summed E-state index contributed by atoms with van der Waals surface area (Å²) >= 11 is 3.19. The Balaban J connectivity index is 0.00000288. The summed E-state index contributed by atoms with van der Waals surface area (Å²) in [5.74, 6) is -0.301. The molecule has 1 saturated heterocycles. The van der Waals surface area contributed by atoms with E-state index in [2.05, 4.69) is 15.9 Å². The Bertz CT molecular complexity index is 580. The quantitative estimate of drug-likeness (QED) is 0.432. The zero-order valence-corrected chi connectivity index (χ0v) is 15.6. The predicted octanol–water partition coefficient (Wildman–Crippen LogP) is 2.75. The third-order valence-electron chi connectivity index (χ3n) is 3.82. The second-order valence-corrected chi connectivity index (χ2v) is 6.34. The molecule has 134 valence electrons. The number of carbonyl (C=O) groups is 1. The molecule has 0 atom stereocenters. The topological polar surface area (TPSA) is 98.7 Å². The number of hydrogen-bond acceptors (Lipinski definition) is 5. The van der Waals surface area contributed by atoms with Gasteiger partial charge in [0, 0.05) is 30.2 Å². The van der Waals surface area contributed by atoms with Crippen LogP contribution in [0.15, 0.2) is 22.7 Å². The standard InChI is InChI=1S/C15H20BrN3O4.ClH/c16-11-2-3-13(14(10-11)19(21)22)15(20)18-7-4-12(5-8-18)23-9-1-6-17;/h2-3,10,12H,1,4-9,17H2;1H. The van der Waals surface area contributed by atoms with E-state index in [9.17, 15) is 14.9 Å². The monoisotopic (exact) mass is 421 g/mol. The number of ether oxygens (including phenoxy) is 1. The minimum absolute atomic E-state index is 0. The minimum Gasteiger partial charge on any atom is -0.378 e. The molecule has 0 bridgehead atoms. The number of nitro groups is 1. The molecule has 1 aliphatic heterocycles. The average Bonchev–Trinajstić information content (AvgIpc) is 2.55. The van der Waals surface area contributed by atoms with Crippen molar-refractivity contribution in [1.29, 1.82) is 0 Å². The van der Waals surface area contributed by atoms with Gasteiger partial charge in [0.2, 0.25) is 0 Å². The molecule has 2 N–H and O–H groups in total. The lowest BCUT2D eigenvalue weighted by Crippen LogP contribution is -2.41. The molecule has 1 aromatic rings. The summed E-state index contributed by atoms with van der Waals surface area (Å²) in [4.78, 5) is 24.8. The zero-order valence-electron chi connectivity index (χ0n) is 13.2. The summed E-state index contributed by atoms with van der Waals surface area (Å²) in [5, 5.41) is 11.1. The van der Waals surface area contributed by atoms with Crippen molar-refractivity contribution in [1.82, 2.24) is 4.90 Å². The summed E-state index contributed by atoms with van der Waals surface area (Å²) in [6, 6.07) is 4.49. The van der Waals surface area contributed by atoms with E-state index in [1.54, 1.807) is 11.0 Å². The van der Waals surface area contributed by atoms with Crippen molar-refractivity contribution in [2.75, 3.05) is 26.2 Å². The normalized spacial score (nSPS) is 15.0. The number of amides is 1. The summed E-state index contributed by atoms with van der Waals surface area (Å²) in [6.45, 7) is 2.32. The zero-order chi connectivity index (χ0) is 16.8. The highest BCUT2D eigenvalue weighted by atomic mass is 79.9. The van der Waals surface area contributed by atoms with Crippen LogP contribution in [0.5, 0.6) is 0 Å². The van der Waals surface area contributed by atoms with E-state index in [1.165, 1.54) is 12.1 Å². The number of benzene rings is 1. The van der Waals surface area contributed by atoms with Gasteiger partial charge in [0.05, 0.1) is 11.0 Å². The van der Waals surface area contributed by atoms with Gasteiger partial charge in [-0.05, 0) is 37.9 Å². The molecule has 0 spiro atoms. The molecule has 9 heteroatoms. The van der Waals surface area contributed by atoms with Crippen LogP contribution in [0.1, 0.15) is 29.6 Å². The smallest absolute Gasteiger partial charge is 0.283 e. The second kappa shape index (κ2) is 9.93. The lowest BCUT2D eigenvalue weighted by atomic mass is 10.1. The molecule has 0 unspecified atom stereocenters. The van der Waals surface area contributed by atoms with Gasteiger partial charge >= 0.3 is 0 Å². The van der Waals surface area contributed by atoms with Gasteiger partial charge in [0.25, 0.3) is 11.6 Å². The number of nitrogens with two attached hydrogens (primary N) is 1. The maximum atomic E-state index is 12.6. The molecule has 1 amide bonds. The van der Waals surface area contributed by atoms with Gasteiger partial charge < -0.3 is 15.4 Å². The molecule has 1 fully saturated rings. The lowest BCUT2D eigenvalue weighted by Gasteiger charge is -2.32. The highest BCUT2D eigenvalue weighted by molar-refractivity contribution is 9.10. The molecule has 0 saturated carbocycles. The van der Waals surface area contributed by atoms with E-state index in [4.69, 9.17) is 10.5 Å². The van der Waals surface area contributed by atoms with Crippen LogP contribution in [0, 0.1) is 10.1 Å². The minimum atomic E-state index is -0.527. The first kappa shape index (κ1) is 20.8. The first-order valence-corrected chi connectivity index (χ1v) is 8.37. The van der Waals surface area contributed by atoms with E-state index >= 15 is 0 Å². The molecule has 1 heterocycles. The summed E-state index contributed by atoms with van der Waals surface area (Å²) in [6.07, 6.45) is 2.43. The van der Waals surface area contributed by atoms with E-state index in [1.807, 2.05) is 0 Å². The molecule has 0 aliphatic carbocycles. The van der Waals surface area contributed by atoms with Crippen LogP contribution >= 0.6 is 28.3 Å². The van der Waals surface area contributed by atoms with Crippen LogP contribution < -0.4 is 5.73 Å². The molecule has 0 aromatic heterocycles. The maximum absolute atomic E-state index is 12.6. The summed E-state index contributed by atoms with van der Waals surface area (Å²) in [5.41, 5.74) is 5.38. The molecule has 1 aliphatic rings. The molecule has 7 nitrogen and oxygen atoms in total. The molecular weight excluding hydrogens is 402 g/mol. The number of nitro benzene ring substituents is 1. The van der Waals surface area contributed by atoms with Gasteiger partial charge in [-0.25, -0.2) is 0 Å². The largest absolute Gasteiger partial charge is 0.378 e. The first-order valence-electron chi connectivity index (χ1n) is 7.58. The van der Waals surface area contributed by atoms with Crippen molar-refractivity contribution in [3.63, 3.8) is 0 Å². The van der Waals surface area contributed by atoms with Gasteiger partial charge in [-0.15, -0.1) is 12.4 Å². The van der Waals surface area contributed by atoms with E-state index in [0.29, 0.717) is 30.7 Å². The number of piperidine rings is 1. The number of halogens is 2. The molecule has 1 aromatic carbocycles. The SMILES string of the molecule is Cl.NCCCOC1CCN(C(=O)c2ccc(Br)cc2[N+](=O)[O-])CC1. The van der Waals surface area contributed by atoms with Crippen molar-refractivity contribution in [3.8, 4) is 0 Å². The van der Waals surface area contributed by atoms with Crippen molar-refractivity contribution < 1.29 is 14.5 Å². The van der Waals surface area contributed by atoms with E-state index in [-0.39, 0.29) is 35.7 Å². The third-order valence-corrected chi connectivity index (χ3v) is 4.31. The predicted molar refractivity (Wildman–Crippen MR) is 96.6 cm³/mol. The summed E-state index contributed by atoms with van der Waals surface area (Å²) in [7, 11) is 0. The van der Waals surface area contributed by atoms with Crippen LogP contribution in [-0.4, -0.2) is 48.1 Å². The first-order chi connectivity index (χ1) is 11.0. The third kappa shape index (κ3) is 5.41. The highest BCUT2D eigenvalue weighted by Gasteiger charge is 2.28.